The maximum Gasteiger partial charge on any atom is 0.336 e. The molecule has 0 fully saturated rings. The van der Waals surface area contributed by atoms with Gasteiger partial charge in [-0.3, -0.25) is 4.79 Å². The van der Waals surface area contributed by atoms with Gasteiger partial charge < -0.3 is 15.2 Å². The predicted octanol–water partition coefficient (Wildman–Crippen LogP) is 0.819. The van der Waals surface area contributed by atoms with Crippen LogP contribution in [0.15, 0.2) is 35.2 Å². The Labute approximate surface area is 116 Å². The lowest BCUT2D eigenvalue weighted by Crippen LogP contribution is -2.37. The molecule has 0 saturated heterocycles. The van der Waals surface area contributed by atoms with Crippen molar-refractivity contribution in [2.75, 3.05) is 19.4 Å². The highest BCUT2D eigenvalue weighted by molar-refractivity contribution is 7.99. The monoisotopic (exact) mass is 283 g/mol. The zero-order valence-electron chi connectivity index (χ0n) is 10.7. The van der Waals surface area contributed by atoms with Gasteiger partial charge >= 0.3 is 5.97 Å². The van der Waals surface area contributed by atoms with Crippen LogP contribution in [-0.2, 0) is 14.3 Å². The summed E-state index contributed by atoms with van der Waals surface area (Å²) < 4.78 is 4.34. The molecule has 2 N–H and O–H groups in total. The molecule has 104 valence electrons. The number of nitrogens with one attached hydrogen (secondary N) is 1. The summed E-state index contributed by atoms with van der Waals surface area (Å²) >= 11 is 1.58. The van der Waals surface area contributed by atoms with E-state index in [1.165, 1.54) is 7.11 Å². The SMILES string of the molecule is COC(=O)C(O)CNC(=O)CCSc1ccccc1. The van der Waals surface area contributed by atoms with Crippen LogP contribution in [0.4, 0.5) is 0 Å². The second-order valence-electron chi connectivity index (χ2n) is 3.75. The van der Waals surface area contributed by atoms with Gasteiger partial charge in [0.25, 0.3) is 0 Å². The Bertz CT molecular complexity index is 410. The van der Waals surface area contributed by atoms with Crippen molar-refractivity contribution in [2.45, 2.75) is 17.4 Å². The zero-order valence-corrected chi connectivity index (χ0v) is 11.5. The third-order valence-corrected chi connectivity index (χ3v) is 3.32. The number of carbonyl (C=O) groups is 2. The predicted molar refractivity (Wildman–Crippen MR) is 72.8 cm³/mol. The van der Waals surface area contributed by atoms with E-state index >= 15 is 0 Å². The van der Waals surface area contributed by atoms with Crippen molar-refractivity contribution in [3.05, 3.63) is 30.3 Å². The Morgan fingerprint density at radius 2 is 2.05 bits per heavy atom. The lowest BCUT2D eigenvalue weighted by Gasteiger charge is -2.09. The molecule has 0 aliphatic rings. The fourth-order valence-corrected chi connectivity index (χ4v) is 2.17. The number of ether oxygens (including phenoxy) is 1. The molecule has 1 amide bonds. The molecule has 5 nitrogen and oxygen atoms in total. The molecule has 0 aliphatic carbocycles. The number of methoxy groups -OCH3 is 1. The number of rotatable bonds is 7. The van der Waals surface area contributed by atoms with E-state index in [-0.39, 0.29) is 12.5 Å². The molecule has 0 saturated carbocycles. The molecule has 0 aliphatic heterocycles. The van der Waals surface area contributed by atoms with E-state index in [2.05, 4.69) is 10.1 Å². The first-order valence-electron chi connectivity index (χ1n) is 5.84. The molecule has 1 unspecified atom stereocenters. The van der Waals surface area contributed by atoms with E-state index in [4.69, 9.17) is 0 Å². The average molecular weight is 283 g/mol. The lowest BCUT2D eigenvalue weighted by atomic mass is 10.3. The molecule has 0 heterocycles. The Kier molecular flexibility index (Phi) is 6.99. The van der Waals surface area contributed by atoms with Gasteiger partial charge in [0.1, 0.15) is 0 Å². The van der Waals surface area contributed by atoms with Crippen LogP contribution in [0.3, 0.4) is 0 Å². The molecule has 1 aromatic rings. The molecule has 1 aromatic carbocycles. The summed E-state index contributed by atoms with van der Waals surface area (Å²) in [6.45, 7) is -0.124. The molecular weight excluding hydrogens is 266 g/mol. The average Bonchev–Trinajstić information content (AvgIpc) is 2.45. The van der Waals surface area contributed by atoms with Gasteiger partial charge in [-0.15, -0.1) is 11.8 Å². The van der Waals surface area contributed by atoms with E-state index in [0.717, 1.165) is 4.90 Å². The molecule has 0 bridgehead atoms. The minimum Gasteiger partial charge on any atom is -0.467 e. The first-order valence-corrected chi connectivity index (χ1v) is 6.82. The smallest absolute Gasteiger partial charge is 0.336 e. The van der Waals surface area contributed by atoms with Gasteiger partial charge in [-0.25, -0.2) is 4.79 Å². The topological polar surface area (TPSA) is 75.6 Å². The Morgan fingerprint density at radius 3 is 2.68 bits per heavy atom. The van der Waals surface area contributed by atoms with Crippen molar-refractivity contribution < 1.29 is 19.4 Å². The van der Waals surface area contributed by atoms with Crippen molar-refractivity contribution in [3.63, 3.8) is 0 Å². The Morgan fingerprint density at radius 1 is 1.37 bits per heavy atom. The molecule has 1 atom stereocenters. The maximum atomic E-state index is 11.5. The van der Waals surface area contributed by atoms with Crippen molar-refractivity contribution in [2.24, 2.45) is 0 Å². The summed E-state index contributed by atoms with van der Waals surface area (Å²) in [7, 11) is 1.18. The number of carbonyl (C=O) groups excluding carboxylic acids is 2. The molecule has 0 radical (unpaired) electrons. The first kappa shape index (κ1) is 15.5. The standard InChI is InChI=1S/C13H17NO4S/c1-18-13(17)11(15)9-14-12(16)7-8-19-10-5-3-2-4-6-10/h2-6,11,15H,7-9H2,1H3,(H,14,16). The lowest BCUT2D eigenvalue weighted by molar-refractivity contribution is -0.150. The van der Waals surface area contributed by atoms with E-state index in [1.54, 1.807) is 11.8 Å². The van der Waals surface area contributed by atoms with Crippen LogP contribution in [0, 0.1) is 0 Å². The third-order valence-electron chi connectivity index (χ3n) is 2.31. The number of benzene rings is 1. The molecule has 19 heavy (non-hydrogen) atoms. The van der Waals surface area contributed by atoms with Crippen LogP contribution < -0.4 is 5.32 Å². The number of aliphatic hydroxyl groups is 1. The quantitative estimate of drug-likeness (QED) is 0.572. The number of thioether (sulfide) groups is 1. The maximum absolute atomic E-state index is 11.5. The summed E-state index contributed by atoms with van der Waals surface area (Å²) in [5.41, 5.74) is 0. The highest BCUT2D eigenvalue weighted by Gasteiger charge is 2.15. The Hall–Kier alpha value is -1.53. The number of hydrogen-bond acceptors (Lipinski definition) is 5. The third kappa shape index (κ3) is 6.26. The number of aliphatic hydroxyl groups excluding tert-OH is 1. The molecule has 6 heteroatoms. The van der Waals surface area contributed by atoms with Gasteiger partial charge in [0.05, 0.1) is 13.7 Å². The second-order valence-corrected chi connectivity index (χ2v) is 4.92. The van der Waals surface area contributed by atoms with Crippen molar-refractivity contribution in [1.29, 1.82) is 0 Å². The largest absolute Gasteiger partial charge is 0.467 e. The number of hydrogen-bond donors (Lipinski definition) is 2. The Balaban J connectivity index is 2.16. The number of amides is 1. The molecule has 1 rings (SSSR count). The summed E-state index contributed by atoms with van der Waals surface area (Å²) in [6, 6.07) is 9.77. The fourth-order valence-electron chi connectivity index (χ4n) is 1.30. The van der Waals surface area contributed by atoms with Crippen LogP contribution >= 0.6 is 11.8 Å². The van der Waals surface area contributed by atoms with E-state index < -0.39 is 12.1 Å². The fraction of sp³-hybridized carbons (Fsp3) is 0.385. The van der Waals surface area contributed by atoms with Crippen LogP contribution in [0.5, 0.6) is 0 Å². The van der Waals surface area contributed by atoms with Crippen molar-refractivity contribution in [3.8, 4) is 0 Å². The molecule has 0 spiro atoms. The van der Waals surface area contributed by atoms with Gasteiger partial charge in [0.15, 0.2) is 6.10 Å². The highest BCUT2D eigenvalue weighted by atomic mass is 32.2. The van der Waals surface area contributed by atoms with Crippen LogP contribution in [0.2, 0.25) is 0 Å². The summed E-state index contributed by atoms with van der Waals surface area (Å²) in [5, 5.41) is 11.8. The van der Waals surface area contributed by atoms with Crippen LogP contribution in [-0.4, -0.2) is 42.5 Å². The summed E-state index contributed by atoms with van der Waals surface area (Å²) in [5.74, 6) is -0.310. The van der Waals surface area contributed by atoms with E-state index in [9.17, 15) is 14.7 Å². The van der Waals surface area contributed by atoms with Gasteiger partial charge in [0, 0.05) is 17.1 Å². The first-order chi connectivity index (χ1) is 9.13. The highest BCUT2D eigenvalue weighted by Crippen LogP contribution is 2.17. The van der Waals surface area contributed by atoms with Crippen molar-refractivity contribution >= 4 is 23.6 Å². The number of esters is 1. The van der Waals surface area contributed by atoms with E-state index in [1.807, 2.05) is 30.3 Å². The van der Waals surface area contributed by atoms with Gasteiger partial charge in [-0.05, 0) is 12.1 Å². The van der Waals surface area contributed by atoms with Crippen LogP contribution in [0.25, 0.3) is 0 Å². The van der Waals surface area contributed by atoms with Crippen LogP contribution in [0.1, 0.15) is 6.42 Å². The zero-order chi connectivity index (χ0) is 14.1. The van der Waals surface area contributed by atoms with E-state index in [0.29, 0.717) is 12.2 Å². The second kappa shape index (κ2) is 8.55. The minimum atomic E-state index is -1.31. The minimum absolute atomic E-state index is 0.124. The van der Waals surface area contributed by atoms with Crippen molar-refractivity contribution in [1.82, 2.24) is 5.32 Å². The molecule has 0 aromatic heterocycles. The molecular formula is C13H17NO4S. The summed E-state index contributed by atoms with van der Waals surface area (Å²) in [4.78, 5) is 23.5. The van der Waals surface area contributed by atoms with Gasteiger partial charge in [0.2, 0.25) is 5.91 Å². The van der Waals surface area contributed by atoms with Gasteiger partial charge in [-0.2, -0.15) is 0 Å². The van der Waals surface area contributed by atoms with Gasteiger partial charge in [-0.1, -0.05) is 18.2 Å². The summed E-state index contributed by atoms with van der Waals surface area (Å²) in [6.07, 6.45) is -0.983. The normalized spacial score (nSPS) is 11.7.